The highest BCUT2D eigenvalue weighted by Crippen LogP contribution is 2.23. The molecule has 0 saturated heterocycles. The highest BCUT2D eigenvalue weighted by atomic mass is 16.1. The lowest BCUT2D eigenvalue weighted by atomic mass is 9.95. The molecule has 0 bridgehead atoms. The van der Waals surface area contributed by atoms with E-state index in [1.54, 1.807) is 6.92 Å². The first kappa shape index (κ1) is 10.5. The Kier molecular flexibility index (Phi) is 3.03. The fraction of sp³-hybridized carbons (Fsp3) is 0.154. The third-order valence-electron chi connectivity index (χ3n) is 2.15. The van der Waals surface area contributed by atoms with Crippen LogP contribution in [0.2, 0.25) is 0 Å². The summed E-state index contributed by atoms with van der Waals surface area (Å²) in [6.45, 7) is 11.2. The lowest BCUT2D eigenvalue weighted by Gasteiger charge is -2.09. The van der Waals surface area contributed by atoms with Crippen LogP contribution in [0.4, 0.5) is 0 Å². The summed E-state index contributed by atoms with van der Waals surface area (Å²) in [5, 5.41) is 0. The van der Waals surface area contributed by atoms with Gasteiger partial charge in [0.2, 0.25) is 0 Å². The van der Waals surface area contributed by atoms with Gasteiger partial charge in [-0.1, -0.05) is 43.0 Å². The van der Waals surface area contributed by atoms with E-state index in [9.17, 15) is 4.79 Å². The molecule has 0 aliphatic rings. The van der Waals surface area contributed by atoms with Gasteiger partial charge in [-0.15, -0.1) is 0 Å². The molecule has 0 saturated carbocycles. The van der Waals surface area contributed by atoms with Crippen LogP contribution in [-0.2, 0) is 0 Å². The molecule has 0 atom stereocenters. The van der Waals surface area contributed by atoms with E-state index in [0.717, 1.165) is 16.7 Å². The van der Waals surface area contributed by atoms with Gasteiger partial charge in [0.25, 0.3) is 0 Å². The SMILES string of the molecule is C=C(C)C(=C)c1ccccc1C(C)=O. The van der Waals surface area contributed by atoms with Crippen molar-refractivity contribution in [2.24, 2.45) is 0 Å². The van der Waals surface area contributed by atoms with Crippen LogP contribution in [-0.4, -0.2) is 5.78 Å². The topological polar surface area (TPSA) is 17.1 Å². The summed E-state index contributed by atoms with van der Waals surface area (Å²) in [6, 6.07) is 7.46. The van der Waals surface area contributed by atoms with Gasteiger partial charge < -0.3 is 0 Å². The Balaban J connectivity index is 3.27. The number of rotatable bonds is 3. The predicted octanol–water partition coefficient (Wildman–Crippen LogP) is 3.48. The molecule has 14 heavy (non-hydrogen) atoms. The van der Waals surface area contributed by atoms with Crippen LogP contribution in [0, 0.1) is 0 Å². The van der Waals surface area contributed by atoms with Gasteiger partial charge in [-0.2, -0.15) is 0 Å². The highest BCUT2D eigenvalue weighted by Gasteiger charge is 2.08. The first-order valence-electron chi connectivity index (χ1n) is 4.49. The number of benzene rings is 1. The molecule has 0 radical (unpaired) electrons. The number of allylic oxidation sites excluding steroid dienone is 2. The summed E-state index contributed by atoms with van der Waals surface area (Å²) in [6.07, 6.45) is 0. The smallest absolute Gasteiger partial charge is 0.160 e. The standard InChI is InChI=1S/C13H14O/c1-9(2)10(3)12-7-5-6-8-13(12)11(4)14/h5-8H,1,3H2,2,4H3. The third kappa shape index (κ3) is 1.99. The molecule has 0 aliphatic carbocycles. The Morgan fingerprint density at radius 2 is 1.57 bits per heavy atom. The van der Waals surface area contributed by atoms with Crippen molar-refractivity contribution < 1.29 is 4.79 Å². The van der Waals surface area contributed by atoms with E-state index in [0.29, 0.717) is 5.56 Å². The van der Waals surface area contributed by atoms with E-state index < -0.39 is 0 Å². The van der Waals surface area contributed by atoms with E-state index in [2.05, 4.69) is 13.2 Å². The normalized spacial score (nSPS) is 9.57. The molecule has 0 aromatic heterocycles. The van der Waals surface area contributed by atoms with Crippen molar-refractivity contribution in [3.63, 3.8) is 0 Å². The van der Waals surface area contributed by atoms with Gasteiger partial charge in [-0.05, 0) is 25.0 Å². The molecule has 1 aromatic rings. The number of carbonyl (C=O) groups excluding carboxylic acids is 1. The van der Waals surface area contributed by atoms with E-state index in [1.807, 2.05) is 31.2 Å². The third-order valence-corrected chi connectivity index (χ3v) is 2.15. The molecule has 0 fully saturated rings. The monoisotopic (exact) mass is 186 g/mol. The van der Waals surface area contributed by atoms with E-state index >= 15 is 0 Å². The summed E-state index contributed by atoms with van der Waals surface area (Å²) < 4.78 is 0. The first-order chi connectivity index (χ1) is 6.54. The number of carbonyl (C=O) groups is 1. The minimum absolute atomic E-state index is 0.0583. The molecule has 1 rings (SSSR count). The second-order valence-electron chi connectivity index (χ2n) is 3.36. The van der Waals surface area contributed by atoms with Gasteiger partial charge in [-0.25, -0.2) is 0 Å². The van der Waals surface area contributed by atoms with Gasteiger partial charge in [0.05, 0.1) is 0 Å². The lowest BCUT2D eigenvalue weighted by Crippen LogP contribution is -1.98. The predicted molar refractivity (Wildman–Crippen MR) is 60.3 cm³/mol. The quantitative estimate of drug-likeness (QED) is 0.521. The molecule has 0 spiro atoms. The minimum atomic E-state index is 0.0583. The van der Waals surface area contributed by atoms with Crippen LogP contribution in [0.5, 0.6) is 0 Å². The largest absolute Gasteiger partial charge is 0.294 e. The molecule has 0 aliphatic heterocycles. The maximum atomic E-state index is 11.3. The number of ketones is 1. The van der Waals surface area contributed by atoms with Crippen molar-refractivity contribution in [1.82, 2.24) is 0 Å². The Morgan fingerprint density at radius 1 is 1.07 bits per heavy atom. The summed E-state index contributed by atoms with van der Waals surface area (Å²) in [4.78, 5) is 11.3. The van der Waals surface area contributed by atoms with Crippen LogP contribution in [0.3, 0.4) is 0 Å². The van der Waals surface area contributed by atoms with Crippen molar-refractivity contribution in [1.29, 1.82) is 0 Å². The van der Waals surface area contributed by atoms with Crippen LogP contribution < -0.4 is 0 Å². The molecular weight excluding hydrogens is 172 g/mol. The zero-order valence-corrected chi connectivity index (χ0v) is 8.63. The zero-order valence-electron chi connectivity index (χ0n) is 8.63. The van der Waals surface area contributed by atoms with Gasteiger partial charge in [-0.3, -0.25) is 4.79 Å². The van der Waals surface area contributed by atoms with Crippen molar-refractivity contribution >= 4 is 11.4 Å². The second-order valence-corrected chi connectivity index (χ2v) is 3.36. The maximum Gasteiger partial charge on any atom is 0.160 e. The van der Waals surface area contributed by atoms with Crippen LogP contribution in [0.25, 0.3) is 5.57 Å². The van der Waals surface area contributed by atoms with Gasteiger partial charge in [0.1, 0.15) is 0 Å². The summed E-state index contributed by atoms with van der Waals surface area (Å²) in [5.74, 6) is 0.0583. The average molecular weight is 186 g/mol. The Morgan fingerprint density at radius 3 is 2.00 bits per heavy atom. The van der Waals surface area contributed by atoms with Crippen molar-refractivity contribution in [2.45, 2.75) is 13.8 Å². The summed E-state index contributed by atoms with van der Waals surface area (Å²) >= 11 is 0. The molecule has 1 heteroatoms. The molecule has 0 unspecified atom stereocenters. The molecule has 0 amide bonds. The minimum Gasteiger partial charge on any atom is -0.294 e. The zero-order chi connectivity index (χ0) is 10.7. The van der Waals surface area contributed by atoms with Crippen molar-refractivity contribution in [3.05, 3.63) is 54.1 Å². The Bertz CT molecular complexity index is 399. The Labute approximate surface area is 84.8 Å². The first-order valence-corrected chi connectivity index (χ1v) is 4.49. The highest BCUT2D eigenvalue weighted by molar-refractivity contribution is 6.00. The number of hydrogen-bond acceptors (Lipinski definition) is 1. The number of Topliss-reactive ketones (excluding diaryl/α,β-unsaturated/α-hetero) is 1. The van der Waals surface area contributed by atoms with Gasteiger partial charge in [0.15, 0.2) is 5.78 Å². The average Bonchev–Trinajstić information content (AvgIpc) is 2.16. The van der Waals surface area contributed by atoms with E-state index in [1.165, 1.54) is 0 Å². The van der Waals surface area contributed by atoms with Gasteiger partial charge in [0, 0.05) is 5.56 Å². The molecule has 1 aromatic carbocycles. The van der Waals surface area contributed by atoms with Crippen LogP contribution in [0.1, 0.15) is 29.8 Å². The summed E-state index contributed by atoms with van der Waals surface area (Å²) in [7, 11) is 0. The van der Waals surface area contributed by atoms with Crippen LogP contribution >= 0.6 is 0 Å². The fourth-order valence-electron chi connectivity index (χ4n) is 1.28. The fourth-order valence-corrected chi connectivity index (χ4v) is 1.28. The molecular formula is C13H14O. The molecule has 0 N–H and O–H groups in total. The lowest BCUT2D eigenvalue weighted by molar-refractivity contribution is 0.101. The van der Waals surface area contributed by atoms with Crippen molar-refractivity contribution in [2.75, 3.05) is 0 Å². The van der Waals surface area contributed by atoms with Crippen LogP contribution in [0.15, 0.2) is 43.0 Å². The van der Waals surface area contributed by atoms with Crippen molar-refractivity contribution in [3.8, 4) is 0 Å². The second kappa shape index (κ2) is 4.05. The molecule has 72 valence electrons. The molecule has 0 heterocycles. The van der Waals surface area contributed by atoms with E-state index in [-0.39, 0.29) is 5.78 Å². The summed E-state index contributed by atoms with van der Waals surface area (Å²) in [5.41, 5.74) is 3.31. The molecule has 1 nitrogen and oxygen atoms in total. The number of hydrogen-bond donors (Lipinski definition) is 0. The Hall–Kier alpha value is -1.63. The maximum absolute atomic E-state index is 11.3. The van der Waals surface area contributed by atoms with E-state index in [4.69, 9.17) is 0 Å². The van der Waals surface area contributed by atoms with Gasteiger partial charge >= 0.3 is 0 Å².